The Bertz CT molecular complexity index is 1110. The van der Waals surface area contributed by atoms with Gasteiger partial charge in [0.25, 0.3) is 5.91 Å². The molecule has 35 heavy (non-hydrogen) atoms. The first-order valence-corrected chi connectivity index (χ1v) is 11.1. The molecule has 186 valence electrons. The van der Waals surface area contributed by atoms with Crippen molar-refractivity contribution in [2.75, 3.05) is 41.3 Å². The first-order chi connectivity index (χ1) is 16.7. The number of carbonyl (C=O) groups excluding carboxylic acids is 1. The van der Waals surface area contributed by atoms with Crippen LogP contribution in [0.15, 0.2) is 36.9 Å². The maximum Gasteiger partial charge on any atom is 0.326 e. The van der Waals surface area contributed by atoms with Crippen LogP contribution in [0.3, 0.4) is 0 Å². The van der Waals surface area contributed by atoms with Gasteiger partial charge in [0.05, 0.1) is 0 Å². The zero-order valence-corrected chi connectivity index (χ0v) is 19.1. The van der Waals surface area contributed by atoms with E-state index in [0.29, 0.717) is 31.3 Å². The second-order valence-corrected chi connectivity index (χ2v) is 8.17. The van der Waals surface area contributed by atoms with Gasteiger partial charge in [-0.05, 0) is 37.1 Å². The van der Waals surface area contributed by atoms with Gasteiger partial charge in [-0.1, -0.05) is 6.08 Å². The van der Waals surface area contributed by atoms with Gasteiger partial charge in [-0.25, -0.2) is 4.79 Å². The summed E-state index contributed by atoms with van der Waals surface area (Å²) in [6, 6.07) is 5.44. The molecule has 0 saturated heterocycles. The van der Waals surface area contributed by atoms with E-state index in [0.717, 1.165) is 17.7 Å². The van der Waals surface area contributed by atoms with E-state index in [1.165, 1.54) is 0 Å². The number of nitrogens with one attached hydrogen (secondary N) is 2. The lowest BCUT2D eigenvalue weighted by atomic mass is 9.99. The Morgan fingerprint density at radius 2 is 1.94 bits per heavy atom. The topological polar surface area (TPSA) is 197 Å². The predicted octanol–water partition coefficient (Wildman–Crippen LogP) is 1.28. The second-order valence-electron chi connectivity index (χ2n) is 8.17. The molecule has 3 rings (SSSR count). The van der Waals surface area contributed by atoms with Crippen LogP contribution in [0.4, 0.5) is 23.3 Å². The number of aromatic nitrogens is 2. The second kappa shape index (κ2) is 11.2. The number of hydrogen-bond acceptors (Lipinski definition) is 9. The van der Waals surface area contributed by atoms with Crippen molar-refractivity contribution in [3.05, 3.63) is 48.0 Å². The highest BCUT2D eigenvalue weighted by Gasteiger charge is 2.28. The molecule has 1 aromatic carbocycles. The molecule has 0 fully saturated rings. The number of benzene rings is 1. The number of hydrogen-bond donors (Lipinski definition) is 6. The SMILES string of the molecule is C=CCN(CCC1CNc2nc(N)nc(N)c21)c1ccc(C(=O)N[C@@H](CCC(=O)O)C(=O)O)cc1. The summed E-state index contributed by atoms with van der Waals surface area (Å²) < 4.78 is 0. The van der Waals surface area contributed by atoms with Crippen molar-refractivity contribution in [1.82, 2.24) is 15.3 Å². The van der Waals surface area contributed by atoms with Gasteiger partial charge in [-0.15, -0.1) is 6.58 Å². The summed E-state index contributed by atoms with van der Waals surface area (Å²) in [6.45, 7) is 5.73. The lowest BCUT2D eigenvalue weighted by Gasteiger charge is -2.25. The number of nitrogen functional groups attached to an aromatic ring is 2. The number of carboxylic acid groups (broad SMARTS) is 2. The summed E-state index contributed by atoms with van der Waals surface area (Å²) in [5, 5.41) is 23.6. The van der Waals surface area contributed by atoms with Crippen LogP contribution in [0.25, 0.3) is 0 Å². The standard InChI is InChI=1S/C23H29N7O5/c1-2-10-30(11-9-14-12-26-20-18(14)19(24)28-23(25)29-20)15-5-3-13(4-6-15)21(33)27-16(22(34)35)7-8-17(31)32/h2-6,14,16H,1,7-12H2,(H,27,33)(H,31,32)(H,34,35)(H5,24,25,26,28,29)/t14?,16-/m0/s1. The summed E-state index contributed by atoms with van der Waals surface area (Å²) >= 11 is 0. The smallest absolute Gasteiger partial charge is 0.326 e. The fourth-order valence-corrected chi connectivity index (χ4v) is 3.99. The molecule has 1 aromatic heterocycles. The zero-order valence-electron chi connectivity index (χ0n) is 19.1. The zero-order chi connectivity index (χ0) is 25.5. The van der Waals surface area contributed by atoms with E-state index >= 15 is 0 Å². The first kappa shape index (κ1) is 25.3. The molecule has 12 nitrogen and oxygen atoms in total. The minimum Gasteiger partial charge on any atom is -0.481 e. The van der Waals surface area contributed by atoms with Crippen molar-refractivity contribution in [2.24, 2.45) is 0 Å². The summed E-state index contributed by atoms with van der Waals surface area (Å²) in [6.07, 6.45) is 1.97. The van der Waals surface area contributed by atoms with E-state index in [1.54, 1.807) is 30.3 Å². The number of carboxylic acids is 2. The number of fused-ring (bicyclic) bond motifs is 1. The number of anilines is 4. The Labute approximate surface area is 202 Å². The average molecular weight is 484 g/mol. The third-order valence-electron chi connectivity index (χ3n) is 5.76. The van der Waals surface area contributed by atoms with Gasteiger partial charge in [0.2, 0.25) is 5.95 Å². The third kappa shape index (κ3) is 6.37. The maximum atomic E-state index is 12.5. The summed E-state index contributed by atoms with van der Waals surface area (Å²) in [5.41, 5.74) is 13.7. The van der Waals surface area contributed by atoms with Crippen molar-refractivity contribution < 1.29 is 24.6 Å². The minimum atomic E-state index is -1.29. The normalized spacial score (nSPS) is 14.9. The van der Waals surface area contributed by atoms with Gasteiger partial charge in [-0.3, -0.25) is 9.59 Å². The van der Waals surface area contributed by atoms with Crippen LogP contribution < -0.4 is 27.0 Å². The van der Waals surface area contributed by atoms with Gasteiger partial charge < -0.3 is 37.2 Å². The lowest BCUT2D eigenvalue weighted by Crippen LogP contribution is -2.41. The first-order valence-electron chi connectivity index (χ1n) is 11.1. The van der Waals surface area contributed by atoms with Crippen molar-refractivity contribution >= 4 is 41.1 Å². The molecule has 12 heteroatoms. The monoisotopic (exact) mass is 483 g/mol. The molecule has 2 atom stereocenters. The van der Waals surface area contributed by atoms with Gasteiger partial charge in [0.15, 0.2) is 0 Å². The van der Waals surface area contributed by atoms with E-state index in [-0.39, 0.29) is 30.3 Å². The largest absolute Gasteiger partial charge is 0.481 e. The van der Waals surface area contributed by atoms with Crippen LogP contribution >= 0.6 is 0 Å². The molecule has 1 aliphatic rings. The van der Waals surface area contributed by atoms with E-state index < -0.39 is 23.9 Å². The van der Waals surface area contributed by atoms with E-state index in [9.17, 15) is 19.5 Å². The molecule has 8 N–H and O–H groups in total. The van der Waals surface area contributed by atoms with Crippen LogP contribution in [-0.2, 0) is 9.59 Å². The molecule has 0 spiro atoms. The van der Waals surface area contributed by atoms with E-state index in [2.05, 4.69) is 32.1 Å². The minimum absolute atomic E-state index is 0.113. The quantitative estimate of drug-likeness (QED) is 0.238. The van der Waals surface area contributed by atoms with Gasteiger partial charge >= 0.3 is 11.9 Å². The van der Waals surface area contributed by atoms with Crippen molar-refractivity contribution in [3.8, 4) is 0 Å². The Hall–Kier alpha value is -4.35. The van der Waals surface area contributed by atoms with Gasteiger partial charge in [0, 0.05) is 48.8 Å². The Morgan fingerprint density at radius 1 is 1.23 bits per heavy atom. The Kier molecular flexibility index (Phi) is 8.08. The highest BCUT2D eigenvalue weighted by molar-refractivity contribution is 5.97. The third-order valence-corrected chi connectivity index (χ3v) is 5.76. The summed E-state index contributed by atoms with van der Waals surface area (Å²) in [4.78, 5) is 44.9. The van der Waals surface area contributed by atoms with E-state index in [4.69, 9.17) is 16.6 Å². The molecule has 0 aliphatic carbocycles. The number of nitrogens with zero attached hydrogens (tertiary/aromatic N) is 3. The van der Waals surface area contributed by atoms with Gasteiger partial charge in [0.1, 0.15) is 17.7 Å². The van der Waals surface area contributed by atoms with Crippen LogP contribution in [0.5, 0.6) is 0 Å². The fourth-order valence-electron chi connectivity index (χ4n) is 3.99. The fraction of sp³-hybridized carbons (Fsp3) is 0.348. The highest BCUT2D eigenvalue weighted by atomic mass is 16.4. The molecule has 0 saturated carbocycles. The molecular formula is C23H29N7O5. The van der Waals surface area contributed by atoms with Gasteiger partial charge in [-0.2, -0.15) is 9.97 Å². The van der Waals surface area contributed by atoms with E-state index in [1.807, 2.05) is 0 Å². The molecule has 2 heterocycles. The van der Waals surface area contributed by atoms with Crippen LogP contribution in [0.1, 0.15) is 41.1 Å². The summed E-state index contributed by atoms with van der Waals surface area (Å²) in [7, 11) is 0. The molecule has 1 amide bonds. The molecule has 1 unspecified atom stereocenters. The van der Waals surface area contributed by atoms with Crippen LogP contribution in [0.2, 0.25) is 0 Å². The Morgan fingerprint density at radius 3 is 2.57 bits per heavy atom. The lowest BCUT2D eigenvalue weighted by molar-refractivity contribution is -0.140. The number of nitrogens with two attached hydrogens (primary N) is 2. The number of aliphatic carboxylic acids is 2. The molecule has 0 radical (unpaired) electrons. The van der Waals surface area contributed by atoms with Crippen molar-refractivity contribution in [3.63, 3.8) is 0 Å². The number of rotatable bonds is 12. The van der Waals surface area contributed by atoms with Crippen molar-refractivity contribution in [1.29, 1.82) is 0 Å². The average Bonchev–Trinajstić information content (AvgIpc) is 3.22. The molecule has 2 aromatic rings. The Balaban J connectivity index is 1.65. The van der Waals surface area contributed by atoms with Crippen LogP contribution in [0, 0.1) is 0 Å². The van der Waals surface area contributed by atoms with Crippen LogP contribution in [-0.4, -0.2) is 63.7 Å². The van der Waals surface area contributed by atoms with Crippen molar-refractivity contribution in [2.45, 2.75) is 31.2 Å². The maximum absolute atomic E-state index is 12.5. The highest BCUT2D eigenvalue weighted by Crippen LogP contribution is 2.36. The molecular weight excluding hydrogens is 454 g/mol. The number of amides is 1. The number of carbonyl (C=O) groups is 3. The predicted molar refractivity (Wildman–Crippen MR) is 131 cm³/mol. The summed E-state index contributed by atoms with van der Waals surface area (Å²) in [5.74, 6) is -1.73. The molecule has 1 aliphatic heterocycles. The molecule has 0 bridgehead atoms.